The van der Waals surface area contributed by atoms with Crippen LogP contribution >= 0.6 is 0 Å². The molecule has 2 fully saturated rings. The number of fused-ring (bicyclic) bond motifs is 1. The van der Waals surface area contributed by atoms with E-state index in [9.17, 15) is 4.79 Å². The molecule has 12 heavy (non-hydrogen) atoms. The van der Waals surface area contributed by atoms with Gasteiger partial charge in [-0.1, -0.05) is 0 Å². The lowest BCUT2D eigenvalue weighted by molar-refractivity contribution is -0.151. The van der Waals surface area contributed by atoms with Gasteiger partial charge in [-0.25, -0.2) is 0 Å². The summed E-state index contributed by atoms with van der Waals surface area (Å²) in [5.74, 6) is 0.0133. The number of ether oxygens (including phenoxy) is 1. The highest BCUT2D eigenvalue weighted by atomic mass is 16.5. The van der Waals surface area contributed by atoms with Crippen LogP contribution in [0.1, 0.15) is 13.3 Å². The van der Waals surface area contributed by atoms with Crippen molar-refractivity contribution in [1.82, 2.24) is 10.6 Å². The van der Waals surface area contributed by atoms with Crippen molar-refractivity contribution in [3.8, 4) is 0 Å². The molecule has 0 aromatic heterocycles. The molecule has 1 amide bonds. The van der Waals surface area contributed by atoms with Crippen LogP contribution in [-0.2, 0) is 9.53 Å². The molecule has 2 aliphatic rings. The summed E-state index contributed by atoms with van der Waals surface area (Å²) in [7, 11) is 0. The standard InChI is InChI=1S/C8H14N2O2/c1-8-5-9-3-2-6(8)10-7(11)4-12-8/h6,9H,2-5H2,1H3,(H,10,11)/t6-,8-/m1/s1. The normalized spacial score (nSPS) is 41.8. The summed E-state index contributed by atoms with van der Waals surface area (Å²) in [5, 5.41) is 6.22. The largest absolute Gasteiger partial charge is 0.362 e. The summed E-state index contributed by atoms with van der Waals surface area (Å²) in [5.41, 5.74) is -0.188. The zero-order valence-electron chi connectivity index (χ0n) is 7.22. The van der Waals surface area contributed by atoms with Crippen molar-refractivity contribution in [1.29, 1.82) is 0 Å². The fraction of sp³-hybridized carbons (Fsp3) is 0.875. The zero-order chi connectivity index (χ0) is 8.60. The van der Waals surface area contributed by atoms with Crippen LogP contribution in [0.5, 0.6) is 0 Å². The van der Waals surface area contributed by atoms with E-state index >= 15 is 0 Å². The summed E-state index contributed by atoms with van der Waals surface area (Å²) >= 11 is 0. The third-order valence-corrected chi connectivity index (χ3v) is 2.69. The van der Waals surface area contributed by atoms with Gasteiger partial charge < -0.3 is 15.4 Å². The quantitative estimate of drug-likeness (QED) is 0.503. The lowest BCUT2D eigenvalue weighted by Gasteiger charge is -2.44. The van der Waals surface area contributed by atoms with Gasteiger partial charge in [0.1, 0.15) is 6.61 Å². The Labute approximate surface area is 71.7 Å². The van der Waals surface area contributed by atoms with Crippen LogP contribution in [0.15, 0.2) is 0 Å². The first-order valence-corrected chi connectivity index (χ1v) is 4.35. The van der Waals surface area contributed by atoms with Gasteiger partial charge in [-0.05, 0) is 19.9 Å². The maximum atomic E-state index is 11.0. The molecule has 0 spiro atoms. The summed E-state index contributed by atoms with van der Waals surface area (Å²) in [4.78, 5) is 11.0. The second-order valence-corrected chi connectivity index (χ2v) is 3.69. The molecule has 0 aromatic carbocycles. The number of hydrogen-bond donors (Lipinski definition) is 2. The maximum Gasteiger partial charge on any atom is 0.246 e. The van der Waals surface area contributed by atoms with E-state index in [1.807, 2.05) is 6.92 Å². The average Bonchev–Trinajstić information content (AvgIpc) is 2.06. The second-order valence-electron chi connectivity index (χ2n) is 3.69. The molecule has 4 heteroatoms. The van der Waals surface area contributed by atoms with E-state index in [2.05, 4.69) is 10.6 Å². The number of rotatable bonds is 0. The smallest absolute Gasteiger partial charge is 0.246 e. The van der Waals surface area contributed by atoms with Gasteiger partial charge in [-0.15, -0.1) is 0 Å². The van der Waals surface area contributed by atoms with Crippen LogP contribution in [0.2, 0.25) is 0 Å². The van der Waals surface area contributed by atoms with Crippen molar-refractivity contribution in [2.75, 3.05) is 19.7 Å². The van der Waals surface area contributed by atoms with Gasteiger partial charge in [0.25, 0.3) is 0 Å². The monoisotopic (exact) mass is 170 g/mol. The molecule has 0 saturated carbocycles. The van der Waals surface area contributed by atoms with Gasteiger partial charge >= 0.3 is 0 Å². The van der Waals surface area contributed by atoms with Crippen molar-refractivity contribution in [2.45, 2.75) is 25.0 Å². The van der Waals surface area contributed by atoms with Crippen LogP contribution < -0.4 is 10.6 Å². The number of morpholine rings is 1. The van der Waals surface area contributed by atoms with E-state index in [0.29, 0.717) is 0 Å². The molecule has 0 aliphatic carbocycles. The van der Waals surface area contributed by atoms with E-state index < -0.39 is 0 Å². The van der Waals surface area contributed by atoms with E-state index in [-0.39, 0.29) is 24.2 Å². The first-order chi connectivity index (χ1) is 5.71. The van der Waals surface area contributed by atoms with Crippen LogP contribution in [0.3, 0.4) is 0 Å². The van der Waals surface area contributed by atoms with Gasteiger partial charge in [0, 0.05) is 6.54 Å². The highest BCUT2D eigenvalue weighted by Gasteiger charge is 2.41. The topological polar surface area (TPSA) is 50.4 Å². The molecule has 0 radical (unpaired) electrons. The number of carbonyl (C=O) groups excluding carboxylic acids is 1. The number of nitrogens with one attached hydrogen (secondary N) is 2. The molecule has 0 bridgehead atoms. The minimum Gasteiger partial charge on any atom is -0.362 e. The van der Waals surface area contributed by atoms with E-state index in [1.165, 1.54) is 0 Å². The maximum absolute atomic E-state index is 11.0. The first-order valence-electron chi connectivity index (χ1n) is 4.35. The molecule has 0 aromatic rings. The number of hydrogen-bond acceptors (Lipinski definition) is 3. The fourth-order valence-electron chi connectivity index (χ4n) is 1.85. The minimum atomic E-state index is -0.188. The average molecular weight is 170 g/mol. The van der Waals surface area contributed by atoms with Crippen LogP contribution in [-0.4, -0.2) is 37.2 Å². The van der Waals surface area contributed by atoms with Gasteiger partial charge in [0.2, 0.25) is 5.91 Å². The Balaban J connectivity index is 2.11. The highest BCUT2D eigenvalue weighted by molar-refractivity contribution is 5.78. The lowest BCUT2D eigenvalue weighted by Crippen LogP contribution is -2.65. The Morgan fingerprint density at radius 1 is 1.67 bits per heavy atom. The van der Waals surface area contributed by atoms with E-state index in [0.717, 1.165) is 19.5 Å². The molecule has 2 N–H and O–H groups in total. The van der Waals surface area contributed by atoms with Gasteiger partial charge in [0.15, 0.2) is 0 Å². The Hall–Kier alpha value is -0.610. The molecule has 2 heterocycles. The lowest BCUT2D eigenvalue weighted by atomic mass is 9.89. The van der Waals surface area contributed by atoms with E-state index in [4.69, 9.17) is 4.74 Å². The molecule has 68 valence electrons. The van der Waals surface area contributed by atoms with Crippen LogP contribution in [0, 0.1) is 0 Å². The number of amides is 1. The third kappa shape index (κ3) is 1.21. The Bertz CT molecular complexity index is 207. The Kier molecular flexibility index (Phi) is 1.81. The van der Waals surface area contributed by atoms with Crippen molar-refractivity contribution >= 4 is 5.91 Å². The van der Waals surface area contributed by atoms with Gasteiger partial charge in [0.05, 0.1) is 11.6 Å². The summed E-state index contributed by atoms with van der Waals surface area (Å²) in [6, 6.07) is 0.194. The SMILES string of the molecule is C[C@@]12CNCC[C@H]1NC(=O)CO2. The molecular formula is C8H14N2O2. The Morgan fingerprint density at radius 2 is 2.50 bits per heavy atom. The van der Waals surface area contributed by atoms with Crippen molar-refractivity contribution in [2.24, 2.45) is 0 Å². The summed E-state index contributed by atoms with van der Waals surface area (Å²) < 4.78 is 5.51. The third-order valence-electron chi connectivity index (χ3n) is 2.69. The molecule has 2 aliphatic heterocycles. The highest BCUT2D eigenvalue weighted by Crippen LogP contribution is 2.23. The van der Waals surface area contributed by atoms with E-state index in [1.54, 1.807) is 0 Å². The number of carbonyl (C=O) groups is 1. The van der Waals surface area contributed by atoms with Crippen LogP contribution in [0.25, 0.3) is 0 Å². The molecule has 2 rings (SSSR count). The molecule has 2 saturated heterocycles. The molecular weight excluding hydrogens is 156 g/mol. The van der Waals surface area contributed by atoms with Crippen molar-refractivity contribution in [3.05, 3.63) is 0 Å². The van der Waals surface area contributed by atoms with Gasteiger partial charge in [-0.2, -0.15) is 0 Å². The Morgan fingerprint density at radius 3 is 3.33 bits per heavy atom. The molecule has 0 unspecified atom stereocenters. The predicted octanol–water partition coefficient (Wildman–Crippen LogP) is -0.747. The predicted molar refractivity (Wildman–Crippen MR) is 43.8 cm³/mol. The zero-order valence-corrected chi connectivity index (χ0v) is 7.22. The minimum absolute atomic E-state index is 0.0133. The summed E-state index contributed by atoms with van der Waals surface area (Å²) in [6.07, 6.45) is 0.961. The first kappa shape index (κ1) is 8.01. The number of piperidine rings is 1. The van der Waals surface area contributed by atoms with Crippen molar-refractivity contribution in [3.63, 3.8) is 0 Å². The van der Waals surface area contributed by atoms with Gasteiger partial charge in [-0.3, -0.25) is 4.79 Å². The second kappa shape index (κ2) is 2.71. The summed E-state index contributed by atoms with van der Waals surface area (Å²) in [6.45, 7) is 4.04. The molecule has 2 atom stereocenters. The molecule has 4 nitrogen and oxygen atoms in total. The van der Waals surface area contributed by atoms with Crippen molar-refractivity contribution < 1.29 is 9.53 Å². The van der Waals surface area contributed by atoms with Crippen LogP contribution in [0.4, 0.5) is 0 Å². The fourth-order valence-corrected chi connectivity index (χ4v) is 1.85.